The molecule has 6 nitrogen and oxygen atoms in total. The summed E-state index contributed by atoms with van der Waals surface area (Å²) in [6.45, 7) is 3.23. The second kappa shape index (κ2) is 7.22. The standard InChI is InChI=1S/C24H24N6/c1-2-5-17(6-3-1)23-24(18-10-13-25-14-11-18)30-21(27-23)8-9-22(28-30)29-15-19-7-4-12-26-20(19)16-29/h1-3,5-6,8-11,13-14,19-20,26H,4,7,12,15-16H2. The molecule has 2 fully saturated rings. The van der Waals surface area contributed by atoms with Crippen molar-refractivity contribution in [3.8, 4) is 22.5 Å². The van der Waals surface area contributed by atoms with Gasteiger partial charge in [0.05, 0.1) is 5.69 Å². The first-order chi connectivity index (χ1) is 14.9. The first kappa shape index (κ1) is 17.6. The van der Waals surface area contributed by atoms with Crippen molar-refractivity contribution in [3.05, 3.63) is 67.0 Å². The lowest BCUT2D eigenvalue weighted by molar-refractivity contribution is 0.340. The summed E-state index contributed by atoms with van der Waals surface area (Å²) in [5.41, 5.74) is 4.98. The Morgan fingerprint density at radius 3 is 2.60 bits per heavy atom. The zero-order chi connectivity index (χ0) is 19.9. The van der Waals surface area contributed by atoms with Crippen molar-refractivity contribution in [2.24, 2.45) is 5.92 Å². The third kappa shape index (κ3) is 2.95. The van der Waals surface area contributed by atoms with E-state index in [2.05, 4.69) is 39.5 Å². The maximum Gasteiger partial charge on any atom is 0.155 e. The quantitative estimate of drug-likeness (QED) is 0.573. The molecule has 2 unspecified atom stereocenters. The molecule has 0 radical (unpaired) electrons. The minimum Gasteiger partial charge on any atom is -0.353 e. The molecule has 0 spiro atoms. The van der Waals surface area contributed by atoms with E-state index in [0.717, 1.165) is 59.5 Å². The van der Waals surface area contributed by atoms with Crippen molar-refractivity contribution >= 4 is 11.5 Å². The molecular formula is C24H24N6. The number of benzene rings is 1. The fraction of sp³-hybridized carbons (Fsp3) is 0.292. The van der Waals surface area contributed by atoms with Gasteiger partial charge >= 0.3 is 0 Å². The number of piperidine rings is 1. The third-order valence-corrected chi connectivity index (χ3v) is 6.39. The van der Waals surface area contributed by atoms with Gasteiger partial charge in [0.25, 0.3) is 0 Å². The van der Waals surface area contributed by atoms with Gasteiger partial charge in [-0.1, -0.05) is 30.3 Å². The molecule has 2 saturated heterocycles. The van der Waals surface area contributed by atoms with Crippen molar-refractivity contribution in [3.63, 3.8) is 0 Å². The van der Waals surface area contributed by atoms with E-state index in [1.165, 1.54) is 12.8 Å². The van der Waals surface area contributed by atoms with Crippen LogP contribution in [-0.2, 0) is 0 Å². The number of rotatable bonds is 3. The van der Waals surface area contributed by atoms with Crippen LogP contribution in [0, 0.1) is 5.92 Å². The topological polar surface area (TPSA) is 58.4 Å². The van der Waals surface area contributed by atoms with Crippen LogP contribution in [0.1, 0.15) is 12.8 Å². The van der Waals surface area contributed by atoms with Gasteiger partial charge in [0, 0.05) is 42.7 Å². The number of pyridine rings is 1. The number of nitrogens with one attached hydrogen (secondary N) is 1. The average molecular weight is 396 g/mol. The minimum absolute atomic E-state index is 0.582. The van der Waals surface area contributed by atoms with Gasteiger partial charge in [0.2, 0.25) is 0 Å². The lowest BCUT2D eigenvalue weighted by atomic mass is 9.94. The largest absolute Gasteiger partial charge is 0.353 e. The highest BCUT2D eigenvalue weighted by atomic mass is 15.3. The van der Waals surface area contributed by atoms with E-state index in [1.54, 1.807) is 0 Å². The summed E-state index contributed by atoms with van der Waals surface area (Å²) in [6, 6.07) is 19.2. The number of hydrogen-bond donors (Lipinski definition) is 1. The zero-order valence-corrected chi connectivity index (χ0v) is 16.8. The predicted molar refractivity (Wildman–Crippen MR) is 118 cm³/mol. The third-order valence-electron chi connectivity index (χ3n) is 6.39. The van der Waals surface area contributed by atoms with Crippen molar-refractivity contribution in [1.82, 2.24) is 24.9 Å². The summed E-state index contributed by atoms with van der Waals surface area (Å²) in [6.07, 6.45) is 6.23. The molecule has 1 N–H and O–H groups in total. The van der Waals surface area contributed by atoms with Gasteiger partial charge in [-0.05, 0) is 49.6 Å². The highest BCUT2D eigenvalue weighted by Gasteiger charge is 2.35. The molecule has 1 aromatic carbocycles. The fourth-order valence-corrected chi connectivity index (χ4v) is 4.89. The lowest BCUT2D eigenvalue weighted by Crippen LogP contribution is -2.40. The summed E-state index contributed by atoms with van der Waals surface area (Å²) in [7, 11) is 0. The van der Waals surface area contributed by atoms with Gasteiger partial charge in [0.1, 0.15) is 11.5 Å². The monoisotopic (exact) mass is 396 g/mol. The SMILES string of the molecule is c1ccc(-c2nc3ccc(N4CC5CCCNC5C4)nn3c2-c2ccncc2)cc1. The molecular weight excluding hydrogens is 372 g/mol. The zero-order valence-electron chi connectivity index (χ0n) is 16.8. The maximum atomic E-state index is 5.07. The molecule has 30 heavy (non-hydrogen) atoms. The molecule has 2 aliphatic rings. The molecule has 2 atom stereocenters. The van der Waals surface area contributed by atoms with Crippen LogP contribution in [0.5, 0.6) is 0 Å². The van der Waals surface area contributed by atoms with E-state index in [9.17, 15) is 0 Å². The molecule has 5 heterocycles. The molecule has 0 amide bonds. The molecule has 6 heteroatoms. The first-order valence-electron chi connectivity index (χ1n) is 10.7. The maximum absolute atomic E-state index is 5.07. The molecule has 4 aromatic rings. The second-order valence-corrected chi connectivity index (χ2v) is 8.24. The summed E-state index contributed by atoms with van der Waals surface area (Å²) >= 11 is 0. The van der Waals surface area contributed by atoms with Gasteiger partial charge < -0.3 is 10.2 Å². The van der Waals surface area contributed by atoms with E-state index in [4.69, 9.17) is 10.1 Å². The van der Waals surface area contributed by atoms with Gasteiger partial charge in [0.15, 0.2) is 5.65 Å². The molecule has 0 saturated carbocycles. The Balaban J connectivity index is 1.48. The van der Waals surface area contributed by atoms with Gasteiger partial charge in [-0.25, -0.2) is 9.50 Å². The van der Waals surface area contributed by atoms with Crippen molar-refractivity contribution in [2.75, 3.05) is 24.5 Å². The Bertz CT molecular complexity index is 1160. The van der Waals surface area contributed by atoms with Crippen molar-refractivity contribution in [1.29, 1.82) is 0 Å². The molecule has 0 bridgehead atoms. The number of imidazole rings is 1. The van der Waals surface area contributed by atoms with Gasteiger partial charge in [-0.15, -0.1) is 5.10 Å². The molecule has 2 aliphatic heterocycles. The van der Waals surface area contributed by atoms with Crippen LogP contribution in [0.2, 0.25) is 0 Å². The molecule has 3 aromatic heterocycles. The highest BCUT2D eigenvalue weighted by molar-refractivity contribution is 5.81. The van der Waals surface area contributed by atoms with Crippen LogP contribution in [-0.4, -0.2) is 45.3 Å². The Morgan fingerprint density at radius 2 is 1.77 bits per heavy atom. The number of aromatic nitrogens is 4. The Labute approximate surface area is 175 Å². The second-order valence-electron chi connectivity index (χ2n) is 8.24. The van der Waals surface area contributed by atoms with Crippen LogP contribution < -0.4 is 10.2 Å². The van der Waals surface area contributed by atoms with Crippen LogP contribution in [0.4, 0.5) is 5.82 Å². The van der Waals surface area contributed by atoms with Gasteiger partial charge in [-0.3, -0.25) is 4.98 Å². The molecule has 0 aliphatic carbocycles. The Hall–Kier alpha value is -3.25. The number of hydrogen-bond acceptors (Lipinski definition) is 5. The number of nitrogens with zero attached hydrogens (tertiary/aromatic N) is 5. The normalized spacial score (nSPS) is 21.1. The van der Waals surface area contributed by atoms with Crippen molar-refractivity contribution < 1.29 is 0 Å². The van der Waals surface area contributed by atoms with E-state index in [0.29, 0.717) is 6.04 Å². The predicted octanol–water partition coefficient (Wildman–Crippen LogP) is 3.65. The van der Waals surface area contributed by atoms with Crippen LogP contribution in [0.25, 0.3) is 28.2 Å². The smallest absolute Gasteiger partial charge is 0.155 e. The van der Waals surface area contributed by atoms with E-state index in [1.807, 2.05) is 47.2 Å². The first-order valence-corrected chi connectivity index (χ1v) is 10.7. The van der Waals surface area contributed by atoms with E-state index < -0.39 is 0 Å². The van der Waals surface area contributed by atoms with Crippen LogP contribution in [0.15, 0.2) is 67.0 Å². The summed E-state index contributed by atoms with van der Waals surface area (Å²) in [5.74, 6) is 1.74. The van der Waals surface area contributed by atoms with Crippen LogP contribution >= 0.6 is 0 Å². The fourth-order valence-electron chi connectivity index (χ4n) is 4.89. The Kier molecular flexibility index (Phi) is 4.23. The number of fused-ring (bicyclic) bond motifs is 2. The molecule has 6 rings (SSSR count). The van der Waals surface area contributed by atoms with Crippen LogP contribution in [0.3, 0.4) is 0 Å². The van der Waals surface area contributed by atoms with E-state index >= 15 is 0 Å². The van der Waals surface area contributed by atoms with Gasteiger partial charge in [-0.2, -0.15) is 0 Å². The molecule has 150 valence electrons. The minimum atomic E-state index is 0.582. The van der Waals surface area contributed by atoms with Crippen molar-refractivity contribution in [2.45, 2.75) is 18.9 Å². The highest BCUT2D eigenvalue weighted by Crippen LogP contribution is 2.33. The summed E-state index contributed by atoms with van der Waals surface area (Å²) in [4.78, 5) is 11.6. The lowest BCUT2D eigenvalue weighted by Gasteiger charge is -2.24. The van der Waals surface area contributed by atoms with E-state index in [-0.39, 0.29) is 0 Å². The Morgan fingerprint density at radius 1 is 0.900 bits per heavy atom. The summed E-state index contributed by atoms with van der Waals surface area (Å²) in [5, 5.41) is 8.75. The summed E-state index contributed by atoms with van der Waals surface area (Å²) < 4.78 is 2.00. The average Bonchev–Trinajstić information content (AvgIpc) is 3.41. The number of anilines is 1.